The first-order valence-electron chi connectivity index (χ1n) is 5.11. The van der Waals surface area contributed by atoms with Crippen LogP contribution in [0.1, 0.15) is 19.8 Å². The largest absolute Gasteiger partial charge is 0.481 e. The number of hydrogen-bond acceptors (Lipinski definition) is 4. The van der Waals surface area contributed by atoms with Crippen molar-refractivity contribution >= 4 is 34.0 Å². The van der Waals surface area contributed by atoms with Gasteiger partial charge in [-0.25, -0.2) is 4.98 Å². The third-order valence-corrected chi connectivity index (χ3v) is 4.17. The smallest absolute Gasteiger partial charge is 0.311 e. The Kier molecular flexibility index (Phi) is 3.08. The molecule has 0 saturated carbocycles. The first-order valence-corrected chi connectivity index (χ1v) is 6.36. The zero-order valence-corrected chi connectivity index (χ0v) is 10.5. The van der Waals surface area contributed by atoms with Crippen LogP contribution >= 0.6 is 22.9 Å². The van der Waals surface area contributed by atoms with Crippen molar-refractivity contribution in [3.05, 3.63) is 10.5 Å². The fourth-order valence-corrected chi connectivity index (χ4v) is 2.94. The lowest BCUT2D eigenvalue weighted by molar-refractivity contribution is -0.148. The highest BCUT2D eigenvalue weighted by Gasteiger charge is 2.38. The van der Waals surface area contributed by atoms with Gasteiger partial charge in [-0.2, -0.15) is 0 Å². The van der Waals surface area contributed by atoms with Crippen molar-refractivity contribution < 1.29 is 9.90 Å². The molecule has 1 aromatic heterocycles. The lowest BCUT2D eigenvalue weighted by Gasteiger charge is -2.37. The number of piperidine rings is 1. The van der Waals surface area contributed by atoms with Crippen molar-refractivity contribution in [1.82, 2.24) is 4.98 Å². The maximum Gasteiger partial charge on any atom is 0.311 e. The van der Waals surface area contributed by atoms with Crippen molar-refractivity contribution in [3.63, 3.8) is 0 Å². The van der Waals surface area contributed by atoms with Gasteiger partial charge in [0.1, 0.15) is 5.15 Å². The summed E-state index contributed by atoms with van der Waals surface area (Å²) in [5.41, 5.74) is -0.670. The molecule has 1 saturated heterocycles. The van der Waals surface area contributed by atoms with Crippen LogP contribution in [0.5, 0.6) is 0 Å². The maximum atomic E-state index is 11.2. The van der Waals surface area contributed by atoms with Gasteiger partial charge in [0, 0.05) is 18.5 Å². The Balaban J connectivity index is 2.16. The average Bonchev–Trinajstić information content (AvgIpc) is 2.65. The number of carbonyl (C=O) groups is 1. The molecule has 1 unspecified atom stereocenters. The lowest BCUT2D eigenvalue weighted by atomic mass is 9.82. The number of thiazole rings is 1. The second-order valence-corrected chi connectivity index (χ2v) is 5.57. The summed E-state index contributed by atoms with van der Waals surface area (Å²) in [4.78, 5) is 17.4. The third kappa shape index (κ3) is 2.15. The molecule has 0 amide bonds. The molecule has 1 N–H and O–H groups in total. The third-order valence-electron chi connectivity index (χ3n) is 2.95. The minimum atomic E-state index is -0.736. The summed E-state index contributed by atoms with van der Waals surface area (Å²) in [5.74, 6) is -0.736. The minimum absolute atomic E-state index is 0.475. The van der Waals surface area contributed by atoms with Gasteiger partial charge < -0.3 is 10.0 Å². The molecule has 16 heavy (non-hydrogen) atoms. The summed E-state index contributed by atoms with van der Waals surface area (Å²) >= 11 is 7.23. The van der Waals surface area contributed by atoms with E-state index in [0.29, 0.717) is 11.7 Å². The topological polar surface area (TPSA) is 53.4 Å². The van der Waals surface area contributed by atoms with Gasteiger partial charge in [0.2, 0.25) is 0 Å². The monoisotopic (exact) mass is 260 g/mol. The number of aromatic nitrogens is 1. The number of hydrogen-bond donors (Lipinski definition) is 1. The van der Waals surface area contributed by atoms with Crippen LogP contribution in [0.2, 0.25) is 5.15 Å². The number of carboxylic acid groups (broad SMARTS) is 1. The molecule has 2 heterocycles. The van der Waals surface area contributed by atoms with Crippen molar-refractivity contribution in [2.24, 2.45) is 5.41 Å². The molecule has 1 atom stereocenters. The Morgan fingerprint density at radius 2 is 2.50 bits per heavy atom. The van der Waals surface area contributed by atoms with Crippen LogP contribution in [-0.2, 0) is 4.79 Å². The van der Waals surface area contributed by atoms with Gasteiger partial charge in [0.15, 0.2) is 5.13 Å². The molecular weight excluding hydrogens is 248 g/mol. The summed E-state index contributed by atoms with van der Waals surface area (Å²) in [6.07, 6.45) is 1.60. The van der Waals surface area contributed by atoms with E-state index in [2.05, 4.69) is 4.98 Å². The highest BCUT2D eigenvalue weighted by atomic mass is 35.5. The molecule has 2 rings (SSSR count). The van der Waals surface area contributed by atoms with E-state index < -0.39 is 11.4 Å². The summed E-state index contributed by atoms with van der Waals surface area (Å²) in [5, 5.41) is 12.3. The first kappa shape index (κ1) is 11.7. The van der Waals surface area contributed by atoms with E-state index in [1.54, 1.807) is 12.3 Å². The molecule has 1 aromatic rings. The Bertz CT molecular complexity index is 409. The summed E-state index contributed by atoms with van der Waals surface area (Å²) in [7, 11) is 0. The molecule has 0 spiro atoms. The molecule has 0 bridgehead atoms. The lowest BCUT2D eigenvalue weighted by Crippen LogP contribution is -2.46. The van der Waals surface area contributed by atoms with Gasteiger partial charge in [-0.3, -0.25) is 4.79 Å². The molecule has 1 aliphatic heterocycles. The Labute approximate surface area is 103 Å². The second kappa shape index (κ2) is 4.22. The molecule has 88 valence electrons. The van der Waals surface area contributed by atoms with Crippen LogP contribution < -0.4 is 4.90 Å². The Morgan fingerprint density at radius 3 is 3.06 bits per heavy atom. The normalized spacial score (nSPS) is 25.8. The van der Waals surface area contributed by atoms with Crippen LogP contribution in [0, 0.1) is 5.41 Å². The second-order valence-electron chi connectivity index (χ2n) is 4.34. The van der Waals surface area contributed by atoms with E-state index in [1.165, 1.54) is 11.3 Å². The van der Waals surface area contributed by atoms with Gasteiger partial charge in [-0.05, 0) is 19.8 Å². The number of carboxylic acids is 1. The van der Waals surface area contributed by atoms with Crippen molar-refractivity contribution in [3.8, 4) is 0 Å². The molecule has 1 aliphatic rings. The number of halogens is 1. The summed E-state index contributed by atoms with van der Waals surface area (Å²) in [6.45, 7) is 3.15. The quantitative estimate of drug-likeness (QED) is 0.888. The van der Waals surface area contributed by atoms with E-state index in [9.17, 15) is 9.90 Å². The van der Waals surface area contributed by atoms with Crippen molar-refractivity contribution in [2.75, 3.05) is 18.0 Å². The number of aliphatic carboxylic acids is 1. The van der Waals surface area contributed by atoms with Gasteiger partial charge in [0.05, 0.1) is 5.41 Å². The first-order chi connectivity index (χ1) is 7.51. The van der Waals surface area contributed by atoms with E-state index in [0.717, 1.165) is 24.5 Å². The molecule has 6 heteroatoms. The van der Waals surface area contributed by atoms with Crippen LogP contribution in [0.25, 0.3) is 0 Å². The van der Waals surface area contributed by atoms with Crippen molar-refractivity contribution in [1.29, 1.82) is 0 Å². The number of nitrogens with zero attached hydrogens (tertiary/aromatic N) is 2. The molecule has 0 radical (unpaired) electrons. The predicted octanol–water partition coefficient (Wildman–Crippen LogP) is 2.49. The van der Waals surface area contributed by atoms with E-state index in [1.807, 2.05) is 4.90 Å². The highest BCUT2D eigenvalue weighted by Crippen LogP contribution is 2.34. The zero-order valence-electron chi connectivity index (χ0n) is 8.94. The summed E-state index contributed by atoms with van der Waals surface area (Å²) < 4.78 is 0. The molecule has 0 aromatic carbocycles. The van der Waals surface area contributed by atoms with E-state index >= 15 is 0 Å². The van der Waals surface area contributed by atoms with Crippen LogP contribution in [0.3, 0.4) is 0 Å². The molecule has 0 aliphatic carbocycles. The molecule has 1 fully saturated rings. The maximum absolute atomic E-state index is 11.2. The van der Waals surface area contributed by atoms with E-state index in [-0.39, 0.29) is 0 Å². The Morgan fingerprint density at radius 1 is 1.75 bits per heavy atom. The highest BCUT2D eigenvalue weighted by molar-refractivity contribution is 7.14. The number of anilines is 1. The predicted molar refractivity (Wildman–Crippen MR) is 64.3 cm³/mol. The SMILES string of the molecule is CC1(C(=O)O)CCCN(c2nc(Cl)cs2)C1. The van der Waals surface area contributed by atoms with Gasteiger partial charge in [-0.15, -0.1) is 11.3 Å². The van der Waals surface area contributed by atoms with Crippen LogP contribution in [0.4, 0.5) is 5.13 Å². The van der Waals surface area contributed by atoms with Crippen molar-refractivity contribution in [2.45, 2.75) is 19.8 Å². The molecule has 4 nitrogen and oxygen atoms in total. The fraction of sp³-hybridized carbons (Fsp3) is 0.600. The van der Waals surface area contributed by atoms with Gasteiger partial charge in [-0.1, -0.05) is 11.6 Å². The standard InChI is InChI=1S/C10H13ClN2O2S/c1-10(8(14)15)3-2-4-13(6-10)9-12-7(11)5-16-9/h5H,2-4,6H2,1H3,(H,14,15). The summed E-state index contributed by atoms with van der Waals surface area (Å²) in [6, 6.07) is 0. The Hall–Kier alpha value is -0.810. The van der Waals surface area contributed by atoms with Crippen LogP contribution in [-0.4, -0.2) is 29.1 Å². The minimum Gasteiger partial charge on any atom is -0.481 e. The van der Waals surface area contributed by atoms with Gasteiger partial charge in [0.25, 0.3) is 0 Å². The van der Waals surface area contributed by atoms with Gasteiger partial charge >= 0.3 is 5.97 Å². The zero-order chi connectivity index (χ0) is 11.8. The average molecular weight is 261 g/mol. The fourth-order valence-electron chi connectivity index (χ4n) is 1.97. The van der Waals surface area contributed by atoms with Crippen LogP contribution in [0.15, 0.2) is 5.38 Å². The molecular formula is C10H13ClN2O2S. The number of rotatable bonds is 2. The van der Waals surface area contributed by atoms with E-state index in [4.69, 9.17) is 11.6 Å².